The fraction of sp³-hybridized carbons (Fsp3) is 0.632. The molecule has 0 spiro atoms. The molecular weight excluding hydrogens is 412 g/mol. The van der Waals surface area contributed by atoms with Gasteiger partial charge in [-0.15, -0.1) is 24.8 Å². The second kappa shape index (κ2) is 11.4. The van der Waals surface area contributed by atoms with Gasteiger partial charge in [0.25, 0.3) is 0 Å². The van der Waals surface area contributed by atoms with Crippen LogP contribution in [0.1, 0.15) is 44.1 Å². The summed E-state index contributed by atoms with van der Waals surface area (Å²) < 4.78 is 13.2. The van der Waals surface area contributed by atoms with E-state index in [1.54, 1.807) is 6.07 Å². The molecule has 1 saturated heterocycles. The zero-order valence-electron chi connectivity index (χ0n) is 15.3. The fourth-order valence-corrected chi connectivity index (χ4v) is 4.22. The molecule has 2 fully saturated rings. The molecule has 1 aliphatic heterocycles. The third-order valence-electron chi connectivity index (χ3n) is 5.35. The van der Waals surface area contributed by atoms with Crippen molar-refractivity contribution in [2.45, 2.75) is 57.2 Å². The van der Waals surface area contributed by atoms with Gasteiger partial charge in [-0.25, -0.2) is 4.39 Å². The van der Waals surface area contributed by atoms with E-state index in [9.17, 15) is 9.18 Å². The molecule has 3 atom stereocenters. The average Bonchev–Trinajstić information content (AvgIpc) is 2.58. The SMILES string of the molecule is Cl.Cl.NC1CCCC(C(=O)NC2CCCN(Cc3ccc(F)cc3Cl)C2)C1. The van der Waals surface area contributed by atoms with Gasteiger partial charge in [-0.05, 0) is 56.3 Å². The zero-order chi connectivity index (χ0) is 17.8. The van der Waals surface area contributed by atoms with E-state index in [0.29, 0.717) is 11.6 Å². The normalized spacial score (nSPS) is 25.8. The average molecular weight is 441 g/mol. The van der Waals surface area contributed by atoms with E-state index in [0.717, 1.165) is 57.2 Å². The summed E-state index contributed by atoms with van der Waals surface area (Å²) in [5.74, 6) is -0.101. The lowest BCUT2D eigenvalue weighted by atomic mass is 9.85. The number of hydrogen-bond donors (Lipinski definition) is 2. The van der Waals surface area contributed by atoms with Crippen LogP contribution in [0, 0.1) is 11.7 Å². The quantitative estimate of drug-likeness (QED) is 0.746. The van der Waals surface area contributed by atoms with E-state index in [1.165, 1.54) is 12.1 Å². The molecule has 3 rings (SSSR count). The van der Waals surface area contributed by atoms with Crippen molar-refractivity contribution in [2.75, 3.05) is 13.1 Å². The first kappa shape index (κ1) is 24.4. The van der Waals surface area contributed by atoms with Crippen LogP contribution < -0.4 is 11.1 Å². The van der Waals surface area contributed by atoms with Gasteiger partial charge < -0.3 is 11.1 Å². The smallest absolute Gasteiger partial charge is 0.223 e. The number of carbonyl (C=O) groups is 1. The highest BCUT2D eigenvalue weighted by Gasteiger charge is 2.28. The molecule has 0 radical (unpaired) electrons. The predicted octanol–water partition coefficient (Wildman–Crippen LogP) is 3.92. The van der Waals surface area contributed by atoms with Crippen LogP contribution in [0.25, 0.3) is 0 Å². The van der Waals surface area contributed by atoms with Crippen LogP contribution in [0.3, 0.4) is 0 Å². The molecule has 3 N–H and O–H groups in total. The first-order valence-electron chi connectivity index (χ1n) is 9.23. The molecule has 1 heterocycles. The first-order valence-corrected chi connectivity index (χ1v) is 9.61. The maximum Gasteiger partial charge on any atom is 0.223 e. The summed E-state index contributed by atoms with van der Waals surface area (Å²) in [5, 5.41) is 3.68. The molecule has 154 valence electrons. The summed E-state index contributed by atoms with van der Waals surface area (Å²) in [4.78, 5) is 14.8. The maximum atomic E-state index is 13.2. The van der Waals surface area contributed by atoms with Crippen molar-refractivity contribution in [3.05, 3.63) is 34.6 Å². The number of piperidine rings is 1. The Balaban J connectivity index is 0.00000182. The number of amides is 1. The van der Waals surface area contributed by atoms with E-state index in [4.69, 9.17) is 17.3 Å². The van der Waals surface area contributed by atoms with Crippen LogP contribution in [0.5, 0.6) is 0 Å². The summed E-state index contributed by atoms with van der Waals surface area (Å²) in [6, 6.07) is 4.86. The Hall–Kier alpha value is -0.590. The standard InChI is InChI=1S/C19H27ClFN3O.2ClH/c20-18-10-15(21)7-6-14(18)11-24-8-2-5-17(12-24)23-19(25)13-3-1-4-16(22)9-13;;/h6-7,10,13,16-17H,1-5,8-9,11-12,22H2,(H,23,25);2*1H. The first-order chi connectivity index (χ1) is 12.0. The van der Waals surface area contributed by atoms with Gasteiger partial charge in [0, 0.05) is 36.1 Å². The summed E-state index contributed by atoms with van der Waals surface area (Å²) in [6.07, 6.45) is 5.85. The van der Waals surface area contributed by atoms with E-state index >= 15 is 0 Å². The van der Waals surface area contributed by atoms with Crippen molar-refractivity contribution in [2.24, 2.45) is 11.7 Å². The monoisotopic (exact) mass is 439 g/mol. The molecule has 3 unspecified atom stereocenters. The van der Waals surface area contributed by atoms with E-state index in [-0.39, 0.29) is 54.5 Å². The number of nitrogens with two attached hydrogens (primary N) is 1. The number of benzene rings is 1. The lowest BCUT2D eigenvalue weighted by molar-refractivity contribution is -0.127. The van der Waals surface area contributed by atoms with Crippen molar-refractivity contribution < 1.29 is 9.18 Å². The summed E-state index contributed by atoms with van der Waals surface area (Å²) in [5.41, 5.74) is 6.93. The Labute approximate surface area is 178 Å². The number of halogens is 4. The molecule has 1 amide bonds. The van der Waals surface area contributed by atoms with Crippen LogP contribution in [0.2, 0.25) is 5.02 Å². The van der Waals surface area contributed by atoms with Gasteiger partial charge in [-0.1, -0.05) is 24.1 Å². The molecule has 4 nitrogen and oxygen atoms in total. The molecule has 1 aliphatic carbocycles. The van der Waals surface area contributed by atoms with Crippen molar-refractivity contribution in [1.82, 2.24) is 10.2 Å². The molecule has 8 heteroatoms. The molecule has 1 aromatic carbocycles. The topological polar surface area (TPSA) is 58.4 Å². The highest BCUT2D eigenvalue weighted by atomic mass is 35.5. The Morgan fingerprint density at radius 2 is 2.04 bits per heavy atom. The van der Waals surface area contributed by atoms with E-state index in [2.05, 4.69) is 10.2 Å². The van der Waals surface area contributed by atoms with Gasteiger partial charge in [0.1, 0.15) is 5.82 Å². The van der Waals surface area contributed by atoms with Gasteiger partial charge >= 0.3 is 0 Å². The Morgan fingerprint density at radius 3 is 2.74 bits per heavy atom. The third-order valence-corrected chi connectivity index (χ3v) is 5.70. The zero-order valence-corrected chi connectivity index (χ0v) is 17.7. The highest BCUT2D eigenvalue weighted by Crippen LogP contribution is 2.24. The van der Waals surface area contributed by atoms with Crippen molar-refractivity contribution >= 4 is 42.3 Å². The van der Waals surface area contributed by atoms with Gasteiger partial charge in [-0.2, -0.15) is 0 Å². The number of carbonyl (C=O) groups excluding carboxylic acids is 1. The largest absolute Gasteiger partial charge is 0.352 e. The second-order valence-corrected chi connectivity index (χ2v) is 7.85. The Bertz CT molecular complexity index is 620. The van der Waals surface area contributed by atoms with Crippen LogP contribution in [-0.2, 0) is 11.3 Å². The molecule has 27 heavy (non-hydrogen) atoms. The number of nitrogens with zero attached hydrogens (tertiary/aromatic N) is 1. The molecule has 1 aromatic rings. The Morgan fingerprint density at radius 1 is 1.26 bits per heavy atom. The van der Waals surface area contributed by atoms with Crippen molar-refractivity contribution in [3.63, 3.8) is 0 Å². The summed E-state index contributed by atoms with van der Waals surface area (Å²) in [7, 11) is 0. The summed E-state index contributed by atoms with van der Waals surface area (Å²) in [6.45, 7) is 2.45. The van der Waals surface area contributed by atoms with Crippen LogP contribution in [0.15, 0.2) is 18.2 Å². The predicted molar refractivity (Wildman–Crippen MR) is 112 cm³/mol. The molecule has 0 aromatic heterocycles. The minimum absolute atomic E-state index is 0. The second-order valence-electron chi connectivity index (χ2n) is 7.44. The minimum Gasteiger partial charge on any atom is -0.352 e. The molecule has 2 aliphatic rings. The highest BCUT2D eigenvalue weighted by molar-refractivity contribution is 6.31. The minimum atomic E-state index is -0.316. The van der Waals surface area contributed by atoms with Gasteiger partial charge in [-0.3, -0.25) is 9.69 Å². The van der Waals surface area contributed by atoms with Crippen LogP contribution in [0.4, 0.5) is 4.39 Å². The van der Waals surface area contributed by atoms with Gasteiger partial charge in [0.05, 0.1) is 0 Å². The number of nitrogens with one attached hydrogen (secondary N) is 1. The molecule has 1 saturated carbocycles. The van der Waals surface area contributed by atoms with Crippen LogP contribution >= 0.6 is 36.4 Å². The third kappa shape index (κ3) is 7.06. The van der Waals surface area contributed by atoms with Gasteiger partial charge in [0.15, 0.2) is 0 Å². The van der Waals surface area contributed by atoms with Gasteiger partial charge in [0.2, 0.25) is 5.91 Å². The number of hydrogen-bond acceptors (Lipinski definition) is 3. The van der Waals surface area contributed by atoms with E-state index in [1.807, 2.05) is 0 Å². The Kier molecular flexibility index (Phi) is 10.3. The van der Waals surface area contributed by atoms with Crippen molar-refractivity contribution in [1.29, 1.82) is 0 Å². The number of likely N-dealkylation sites (tertiary alicyclic amines) is 1. The maximum absolute atomic E-state index is 13.2. The molecule has 0 bridgehead atoms. The lowest BCUT2D eigenvalue weighted by Gasteiger charge is -2.35. The van der Waals surface area contributed by atoms with Crippen molar-refractivity contribution in [3.8, 4) is 0 Å². The van der Waals surface area contributed by atoms with Crippen LogP contribution in [-0.4, -0.2) is 36.0 Å². The van der Waals surface area contributed by atoms with E-state index < -0.39 is 0 Å². The number of rotatable bonds is 4. The lowest BCUT2D eigenvalue weighted by Crippen LogP contribution is -2.49. The summed E-state index contributed by atoms with van der Waals surface area (Å²) >= 11 is 6.14. The fourth-order valence-electron chi connectivity index (χ4n) is 3.99. The molecular formula is C19H29Cl3FN3O.